The van der Waals surface area contributed by atoms with Gasteiger partial charge in [-0.25, -0.2) is 4.79 Å². The quantitative estimate of drug-likeness (QED) is 0.717. The molecule has 0 fully saturated rings. The van der Waals surface area contributed by atoms with Gasteiger partial charge in [0.2, 0.25) is 0 Å². The van der Waals surface area contributed by atoms with E-state index in [-0.39, 0.29) is 19.6 Å². The van der Waals surface area contributed by atoms with E-state index < -0.39 is 18.3 Å². The van der Waals surface area contributed by atoms with Crippen LogP contribution in [0.15, 0.2) is 42.5 Å². The molecule has 2 unspecified atom stereocenters. The number of amides is 1. The Kier molecular flexibility index (Phi) is 6.91. The van der Waals surface area contributed by atoms with Crippen molar-refractivity contribution in [3.05, 3.63) is 65.0 Å². The maximum absolute atomic E-state index is 11.6. The van der Waals surface area contributed by atoms with Crippen molar-refractivity contribution in [2.24, 2.45) is 0 Å². The minimum Gasteiger partial charge on any atom is -0.445 e. The average molecular weight is 344 g/mol. The number of rotatable bonds is 7. The largest absolute Gasteiger partial charge is 0.445 e. The van der Waals surface area contributed by atoms with Crippen LogP contribution in [-0.2, 0) is 11.3 Å². The first-order valence-corrected chi connectivity index (χ1v) is 8.21. The SMILES string of the molecule is Cc1cc(C(O)C(O)CCNC(=O)OCc2ccccc2)cc(C)n1. The fourth-order valence-electron chi connectivity index (χ4n) is 2.51. The number of aryl methyl sites for hydroxylation is 2. The molecule has 2 atom stereocenters. The van der Waals surface area contributed by atoms with E-state index in [9.17, 15) is 15.0 Å². The standard InChI is InChI=1S/C19H24N2O4/c1-13-10-16(11-14(2)21-13)18(23)17(22)8-9-20-19(24)25-12-15-6-4-3-5-7-15/h3-7,10-11,17-18,22-23H,8-9,12H2,1-2H3,(H,20,24). The first-order chi connectivity index (χ1) is 12.0. The van der Waals surface area contributed by atoms with Crippen LogP contribution in [-0.4, -0.2) is 33.9 Å². The van der Waals surface area contributed by atoms with Gasteiger partial charge in [0.25, 0.3) is 0 Å². The first kappa shape index (κ1) is 18.9. The summed E-state index contributed by atoms with van der Waals surface area (Å²) < 4.78 is 5.08. The van der Waals surface area contributed by atoms with Crippen molar-refractivity contribution in [1.29, 1.82) is 0 Å². The minimum atomic E-state index is -1.03. The molecule has 1 amide bonds. The molecule has 0 radical (unpaired) electrons. The third-order valence-corrected chi connectivity index (χ3v) is 3.73. The van der Waals surface area contributed by atoms with E-state index in [1.165, 1.54) is 0 Å². The summed E-state index contributed by atoms with van der Waals surface area (Å²) in [4.78, 5) is 15.9. The predicted octanol–water partition coefficient (Wildman–Crippen LogP) is 2.41. The van der Waals surface area contributed by atoms with Crippen LogP contribution in [0.5, 0.6) is 0 Å². The lowest BCUT2D eigenvalue weighted by Crippen LogP contribution is -2.29. The second-order valence-electron chi connectivity index (χ2n) is 5.97. The number of alkyl carbamates (subject to hydrolysis) is 1. The molecule has 1 aromatic heterocycles. The van der Waals surface area contributed by atoms with Crippen LogP contribution >= 0.6 is 0 Å². The van der Waals surface area contributed by atoms with Crippen molar-refractivity contribution in [1.82, 2.24) is 10.3 Å². The van der Waals surface area contributed by atoms with Crippen molar-refractivity contribution in [3.8, 4) is 0 Å². The van der Waals surface area contributed by atoms with E-state index in [1.54, 1.807) is 12.1 Å². The third kappa shape index (κ3) is 6.17. The molecule has 0 saturated heterocycles. The molecule has 6 heteroatoms. The lowest BCUT2D eigenvalue weighted by Gasteiger charge is -2.19. The van der Waals surface area contributed by atoms with Crippen LogP contribution in [0.2, 0.25) is 0 Å². The fourth-order valence-corrected chi connectivity index (χ4v) is 2.51. The highest BCUT2D eigenvalue weighted by molar-refractivity contribution is 5.67. The summed E-state index contributed by atoms with van der Waals surface area (Å²) in [7, 11) is 0. The highest BCUT2D eigenvalue weighted by Gasteiger charge is 2.19. The summed E-state index contributed by atoms with van der Waals surface area (Å²) in [6.07, 6.45) is -2.36. The zero-order valence-corrected chi connectivity index (χ0v) is 14.5. The Hall–Kier alpha value is -2.44. The number of aromatic nitrogens is 1. The van der Waals surface area contributed by atoms with E-state index >= 15 is 0 Å². The molecule has 1 heterocycles. The van der Waals surface area contributed by atoms with Crippen LogP contribution in [0.3, 0.4) is 0 Å². The molecule has 0 aliphatic carbocycles. The molecule has 0 aliphatic rings. The molecule has 2 aromatic rings. The molecule has 134 valence electrons. The molecule has 0 aliphatic heterocycles. The number of benzene rings is 1. The van der Waals surface area contributed by atoms with E-state index in [0.717, 1.165) is 17.0 Å². The number of hydrogen-bond donors (Lipinski definition) is 3. The predicted molar refractivity (Wildman–Crippen MR) is 93.9 cm³/mol. The van der Waals surface area contributed by atoms with Gasteiger partial charge in [-0.1, -0.05) is 30.3 Å². The minimum absolute atomic E-state index is 0.188. The highest BCUT2D eigenvalue weighted by atomic mass is 16.5. The summed E-state index contributed by atoms with van der Waals surface area (Å²) >= 11 is 0. The van der Waals surface area contributed by atoms with Gasteiger partial charge >= 0.3 is 6.09 Å². The molecule has 6 nitrogen and oxygen atoms in total. The Morgan fingerprint density at radius 2 is 1.80 bits per heavy atom. The topological polar surface area (TPSA) is 91.7 Å². The maximum Gasteiger partial charge on any atom is 0.407 e. The third-order valence-electron chi connectivity index (χ3n) is 3.73. The lowest BCUT2D eigenvalue weighted by molar-refractivity contribution is 0.0135. The van der Waals surface area contributed by atoms with Gasteiger partial charge in [-0.05, 0) is 43.5 Å². The molecule has 3 N–H and O–H groups in total. The van der Waals surface area contributed by atoms with Crippen LogP contribution in [0, 0.1) is 13.8 Å². The van der Waals surface area contributed by atoms with Gasteiger partial charge < -0.3 is 20.3 Å². The molecule has 1 aromatic carbocycles. The van der Waals surface area contributed by atoms with E-state index in [4.69, 9.17) is 4.74 Å². The van der Waals surface area contributed by atoms with Crippen molar-refractivity contribution in [2.45, 2.75) is 39.1 Å². The van der Waals surface area contributed by atoms with E-state index in [2.05, 4.69) is 10.3 Å². The summed E-state index contributed by atoms with van der Waals surface area (Å²) in [5, 5.41) is 22.9. The van der Waals surface area contributed by atoms with Crippen LogP contribution in [0.25, 0.3) is 0 Å². The number of aliphatic hydroxyl groups excluding tert-OH is 2. The van der Waals surface area contributed by atoms with Crippen molar-refractivity contribution < 1.29 is 19.7 Å². The molecular weight excluding hydrogens is 320 g/mol. The molecule has 0 saturated carbocycles. The summed E-state index contributed by atoms with van der Waals surface area (Å²) in [6.45, 7) is 4.06. The monoisotopic (exact) mass is 344 g/mol. The number of aliphatic hydroxyl groups is 2. The Bertz CT molecular complexity index is 671. The second-order valence-corrected chi connectivity index (χ2v) is 5.97. The van der Waals surface area contributed by atoms with Gasteiger partial charge in [-0.15, -0.1) is 0 Å². The number of nitrogens with one attached hydrogen (secondary N) is 1. The molecule has 25 heavy (non-hydrogen) atoms. The van der Waals surface area contributed by atoms with Gasteiger partial charge in [0.05, 0.1) is 6.10 Å². The lowest BCUT2D eigenvalue weighted by atomic mass is 10.0. The van der Waals surface area contributed by atoms with Gasteiger partial charge in [0, 0.05) is 17.9 Å². The second kappa shape index (κ2) is 9.15. The Labute approximate surface area is 147 Å². The van der Waals surface area contributed by atoms with Crippen molar-refractivity contribution in [2.75, 3.05) is 6.54 Å². The maximum atomic E-state index is 11.6. The normalized spacial score (nSPS) is 13.1. The Morgan fingerprint density at radius 3 is 2.44 bits per heavy atom. The number of ether oxygens (including phenoxy) is 1. The highest BCUT2D eigenvalue weighted by Crippen LogP contribution is 2.20. The number of pyridine rings is 1. The zero-order chi connectivity index (χ0) is 18.2. The number of carbonyl (C=O) groups is 1. The van der Waals surface area contributed by atoms with E-state index in [0.29, 0.717) is 5.56 Å². The van der Waals surface area contributed by atoms with E-state index in [1.807, 2.05) is 44.2 Å². The molecular formula is C19H24N2O4. The Morgan fingerprint density at radius 1 is 1.16 bits per heavy atom. The number of carbonyl (C=O) groups excluding carboxylic acids is 1. The first-order valence-electron chi connectivity index (χ1n) is 8.21. The van der Waals surface area contributed by atoms with Crippen LogP contribution in [0.1, 0.15) is 35.0 Å². The smallest absolute Gasteiger partial charge is 0.407 e. The Balaban J connectivity index is 1.73. The summed E-state index contributed by atoms with van der Waals surface area (Å²) in [5.41, 5.74) is 3.08. The number of hydrogen-bond acceptors (Lipinski definition) is 5. The molecule has 0 spiro atoms. The molecule has 2 rings (SSSR count). The number of nitrogens with zero attached hydrogens (tertiary/aromatic N) is 1. The average Bonchev–Trinajstić information content (AvgIpc) is 2.59. The van der Waals surface area contributed by atoms with Crippen LogP contribution < -0.4 is 5.32 Å². The fraction of sp³-hybridized carbons (Fsp3) is 0.368. The van der Waals surface area contributed by atoms with Crippen molar-refractivity contribution in [3.63, 3.8) is 0 Å². The summed E-state index contributed by atoms with van der Waals surface area (Å²) in [5.74, 6) is 0. The van der Waals surface area contributed by atoms with Crippen molar-refractivity contribution >= 4 is 6.09 Å². The summed E-state index contributed by atoms with van der Waals surface area (Å²) in [6, 6.07) is 12.8. The zero-order valence-electron chi connectivity index (χ0n) is 14.5. The molecule has 0 bridgehead atoms. The van der Waals surface area contributed by atoms with Gasteiger partial charge in [-0.3, -0.25) is 4.98 Å². The van der Waals surface area contributed by atoms with Gasteiger partial charge in [0.1, 0.15) is 12.7 Å². The van der Waals surface area contributed by atoms with Gasteiger partial charge in [0.15, 0.2) is 0 Å². The van der Waals surface area contributed by atoms with Crippen LogP contribution in [0.4, 0.5) is 4.79 Å². The van der Waals surface area contributed by atoms with Gasteiger partial charge in [-0.2, -0.15) is 0 Å².